The van der Waals surface area contributed by atoms with Gasteiger partial charge in [0.05, 0.1) is 6.61 Å². The Morgan fingerprint density at radius 3 is 3.00 bits per heavy atom. The number of nitrogens with one attached hydrogen (secondary N) is 1. The van der Waals surface area contributed by atoms with Crippen LogP contribution in [0.5, 0.6) is 0 Å². The summed E-state index contributed by atoms with van der Waals surface area (Å²) >= 11 is 0. The van der Waals surface area contributed by atoms with Gasteiger partial charge in [0.15, 0.2) is 0 Å². The van der Waals surface area contributed by atoms with Gasteiger partial charge in [-0.15, -0.1) is 0 Å². The summed E-state index contributed by atoms with van der Waals surface area (Å²) in [6, 6.07) is 1.20. The van der Waals surface area contributed by atoms with Crippen LogP contribution in [0.4, 0.5) is 0 Å². The smallest absolute Gasteiger partial charge is 0.0615 e. The minimum absolute atomic E-state index is 0.518. The highest BCUT2D eigenvalue weighted by molar-refractivity contribution is 4.78. The molecule has 1 aliphatic heterocycles. The first kappa shape index (κ1) is 12.0. The molecule has 0 saturated carbocycles. The Morgan fingerprint density at radius 1 is 1.50 bits per heavy atom. The summed E-state index contributed by atoms with van der Waals surface area (Å²) in [5.41, 5.74) is 0. The van der Waals surface area contributed by atoms with Gasteiger partial charge in [-0.1, -0.05) is 6.42 Å². The molecule has 1 fully saturated rings. The van der Waals surface area contributed by atoms with E-state index in [1.54, 1.807) is 7.11 Å². The predicted octanol–water partition coefficient (Wildman–Crippen LogP) is 1.10. The van der Waals surface area contributed by atoms with Crippen molar-refractivity contribution in [3.8, 4) is 0 Å². The summed E-state index contributed by atoms with van der Waals surface area (Å²) in [7, 11) is 3.98. The molecule has 1 saturated heterocycles. The van der Waals surface area contributed by atoms with Crippen molar-refractivity contribution in [1.82, 2.24) is 10.2 Å². The Morgan fingerprint density at radius 2 is 2.29 bits per heavy atom. The lowest BCUT2D eigenvalue weighted by Gasteiger charge is -2.32. The van der Waals surface area contributed by atoms with Crippen molar-refractivity contribution in [3.05, 3.63) is 0 Å². The van der Waals surface area contributed by atoms with Crippen molar-refractivity contribution < 1.29 is 4.74 Å². The zero-order valence-corrected chi connectivity index (χ0v) is 9.75. The van der Waals surface area contributed by atoms with Crippen LogP contribution in [-0.4, -0.2) is 50.8 Å². The molecule has 1 heterocycles. The first-order valence-corrected chi connectivity index (χ1v) is 5.67. The molecule has 0 aliphatic carbocycles. The molecule has 0 bridgehead atoms. The maximum Gasteiger partial charge on any atom is 0.0615 e. The van der Waals surface area contributed by atoms with Gasteiger partial charge in [0.25, 0.3) is 0 Å². The van der Waals surface area contributed by atoms with Crippen molar-refractivity contribution in [2.24, 2.45) is 0 Å². The number of rotatable bonds is 4. The summed E-state index contributed by atoms with van der Waals surface area (Å²) in [4.78, 5) is 2.45. The van der Waals surface area contributed by atoms with Crippen LogP contribution >= 0.6 is 0 Å². The number of hydrogen-bond donors (Lipinski definition) is 1. The van der Waals surface area contributed by atoms with E-state index in [4.69, 9.17) is 4.74 Å². The normalized spacial score (nSPS) is 26.1. The molecule has 0 spiro atoms. The van der Waals surface area contributed by atoms with Crippen LogP contribution in [-0.2, 0) is 4.74 Å². The van der Waals surface area contributed by atoms with Crippen LogP contribution in [0.2, 0.25) is 0 Å². The third-order valence-corrected chi connectivity index (χ3v) is 3.20. The first-order valence-electron chi connectivity index (χ1n) is 5.67. The van der Waals surface area contributed by atoms with Crippen molar-refractivity contribution >= 4 is 0 Å². The minimum atomic E-state index is 0.518. The second-order valence-electron chi connectivity index (χ2n) is 4.32. The van der Waals surface area contributed by atoms with Gasteiger partial charge in [-0.25, -0.2) is 0 Å². The van der Waals surface area contributed by atoms with Crippen molar-refractivity contribution in [3.63, 3.8) is 0 Å². The van der Waals surface area contributed by atoms with Crippen molar-refractivity contribution in [2.45, 2.75) is 38.3 Å². The van der Waals surface area contributed by atoms with Crippen LogP contribution in [0.15, 0.2) is 0 Å². The van der Waals surface area contributed by atoms with E-state index in [-0.39, 0.29) is 0 Å². The summed E-state index contributed by atoms with van der Waals surface area (Å²) < 4.78 is 5.18. The molecular weight excluding hydrogens is 176 g/mol. The lowest BCUT2D eigenvalue weighted by Crippen LogP contribution is -2.45. The van der Waals surface area contributed by atoms with Crippen LogP contribution in [0, 0.1) is 0 Å². The Balaban J connectivity index is 2.36. The van der Waals surface area contributed by atoms with Crippen LogP contribution < -0.4 is 5.32 Å². The minimum Gasteiger partial charge on any atom is -0.383 e. The number of ether oxygens (including phenoxy) is 1. The van der Waals surface area contributed by atoms with E-state index in [1.807, 2.05) is 0 Å². The molecule has 1 N–H and O–H groups in total. The summed E-state index contributed by atoms with van der Waals surface area (Å²) in [5, 5.41) is 3.49. The van der Waals surface area contributed by atoms with E-state index in [0.717, 1.165) is 13.2 Å². The van der Waals surface area contributed by atoms with Crippen LogP contribution in [0.25, 0.3) is 0 Å². The number of methoxy groups -OCH3 is 1. The lowest BCUT2D eigenvalue weighted by atomic mass is 10.1. The molecule has 0 radical (unpaired) electrons. The average molecular weight is 200 g/mol. The fraction of sp³-hybridized carbons (Fsp3) is 1.00. The van der Waals surface area contributed by atoms with Crippen molar-refractivity contribution in [2.75, 3.05) is 33.9 Å². The number of nitrogens with zero attached hydrogens (tertiary/aromatic N) is 1. The number of hydrogen-bond acceptors (Lipinski definition) is 3. The fourth-order valence-corrected chi connectivity index (χ4v) is 2.07. The Bertz CT molecular complexity index is 144. The fourth-order valence-electron chi connectivity index (χ4n) is 2.07. The van der Waals surface area contributed by atoms with E-state index in [1.165, 1.54) is 25.8 Å². The highest BCUT2D eigenvalue weighted by Gasteiger charge is 2.20. The maximum absolute atomic E-state index is 5.18. The molecule has 3 heteroatoms. The Kier molecular flexibility index (Phi) is 5.45. The topological polar surface area (TPSA) is 24.5 Å². The lowest BCUT2D eigenvalue weighted by molar-refractivity contribution is 0.0872. The van der Waals surface area contributed by atoms with E-state index in [9.17, 15) is 0 Å². The molecule has 2 unspecified atom stereocenters. The Labute approximate surface area is 87.8 Å². The molecule has 1 rings (SSSR count). The maximum atomic E-state index is 5.18. The van der Waals surface area contributed by atoms with Gasteiger partial charge in [-0.3, -0.25) is 4.90 Å². The van der Waals surface area contributed by atoms with E-state index < -0.39 is 0 Å². The molecule has 0 aromatic carbocycles. The Hall–Kier alpha value is -0.120. The molecule has 0 amide bonds. The van der Waals surface area contributed by atoms with Gasteiger partial charge in [0, 0.05) is 25.7 Å². The third kappa shape index (κ3) is 3.56. The predicted molar refractivity (Wildman–Crippen MR) is 59.6 cm³/mol. The molecule has 1 aliphatic rings. The molecule has 0 aromatic heterocycles. The van der Waals surface area contributed by atoms with Gasteiger partial charge in [-0.05, 0) is 33.4 Å². The third-order valence-electron chi connectivity index (χ3n) is 3.20. The van der Waals surface area contributed by atoms with Gasteiger partial charge < -0.3 is 10.1 Å². The monoisotopic (exact) mass is 200 g/mol. The molecule has 3 nitrogen and oxygen atoms in total. The first-order chi connectivity index (χ1) is 6.75. The quantitative estimate of drug-likeness (QED) is 0.735. The van der Waals surface area contributed by atoms with Gasteiger partial charge in [-0.2, -0.15) is 0 Å². The van der Waals surface area contributed by atoms with Crippen molar-refractivity contribution in [1.29, 1.82) is 0 Å². The molecule has 0 aromatic rings. The highest BCUT2D eigenvalue weighted by Crippen LogP contribution is 2.12. The zero-order chi connectivity index (χ0) is 10.4. The van der Waals surface area contributed by atoms with E-state index in [0.29, 0.717) is 12.1 Å². The second-order valence-corrected chi connectivity index (χ2v) is 4.32. The molecule has 84 valence electrons. The molecule has 2 atom stereocenters. The van der Waals surface area contributed by atoms with Gasteiger partial charge in [0.2, 0.25) is 0 Å². The van der Waals surface area contributed by atoms with E-state index in [2.05, 4.69) is 24.2 Å². The van der Waals surface area contributed by atoms with Gasteiger partial charge >= 0.3 is 0 Å². The highest BCUT2D eigenvalue weighted by atomic mass is 16.5. The number of likely N-dealkylation sites (N-methyl/N-ethyl adjacent to an activating group) is 1. The van der Waals surface area contributed by atoms with E-state index >= 15 is 0 Å². The standard InChI is InChI=1S/C11H24N2O/c1-10(9-14-3)13(2)11-6-4-5-7-12-8-11/h10-12H,4-9H2,1-3H3. The summed E-state index contributed by atoms with van der Waals surface area (Å²) in [6.45, 7) is 5.37. The average Bonchev–Trinajstić information content (AvgIpc) is 2.45. The SMILES string of the molecule is COCC(C)N(C)C1CCCCNC1. The zero-order valence-electron chi connectivity index (χ0n) is 9.75. The largest absolute Gasteiger partial charge is 0.383 e. The summed E-state index contributed by atoms with van der Waals surface area (Å²) in [6.07, 6.45) is 3.99. The second kappa shape index (κ2) is 6.38. The van der Waals surface area contributed by atoms with Gasteiger partial charge in [0.1, 0.15) is 0 Å². The van der Waals surface area contributed by atoms with Crippen LogP contribution in [0.3, 0.4) is 0 Å². The molecular formula is C11H24N2O. The molecule has 14 heavy (non-hydrogen) atoms. The summed E-state index contributed by atoms with van der Waals surface area (Å²) in [5.74, 6) is 0. The van der Waals surface area contributed by atoms with Crippen LogP contribution in [0.1, 0.15) is 26.2 Å².